The van der Waals surface area contributed by atoms with Crippen LogP contribution in [0.2, 0.25) is 0 Å². The third-order valence-corrected chi connectivity index (χ3v) is 3.37. The number of ether oxygens (including phenoxy) is 1. The second-order valence-corrected chi connectivity index (χ2v) is 4.62. The zero-order valence-corrected chi connectivity index (χ0v) is 10.9. The lowest BCUT2D eigenvalue weighted by Crippen LogP contribution is -2.08. The Morgan fingerprint density at radius 1 is 0.950 bits per heavy atom. The van der Waals surface area contributed by atoms with Crippen LogP contribution in [-0.4, -0.2) is 17.7 Å². The van der Waals surface area contributed by atoms with Crippen LogP contribution in [-0.2, 0) is 16.1 Å². The van der Waals surface area contributed by atoms with Crippen LogP contribution in [0, 0.1) is 0 Å². The number of aliphatic hydroxyl groups is 1. The van der Waals surface area contributed by atoms with Gasteiger partial charge in [0.25, 0.3) is 0 Å². The lowest BCUT2D eigenvalue weighted by molar-refractivity contribution is -0.148. The molecule has 1 N–H and O–H groups in total. The van der Waals surface area contributed by atoms with Crippen molar-refractivity contribution in [1.29, 1.82) is 0 Å². The van der Waals surface area contributed by atoms with E-state index in [2.05, 4.69) is 12.1 Å². The van der Waals surface area contributed by atoms with E-state index in [0.29, 0.717) is 0 Å². The quantitative estimate of drug-likeness (QED) is 0.585. The first-order valence-electron chi connectivity index (χ1n) is 6.45. The average Bonchev–Trinajstić information content (AvgIpc) is 2.52. The standard InChI is InChI=1S/C17H14O3/c18-10-17(19)20-11-13-9-12-5-1-2-6-14(12)16-8-4-3-7-15(13)16/h1-9,18H,10-11H2. The summed E-state index contributed by atoms with van der Waals surface area (Å²) in [5.41, 5.74) is 0.945. The summed E-state index contributed by atoms with van der Waals surface area (Å²) < 4.78 is 5.05. The Labute approximate surface area is 116 Å². The van der Waals surface area contributed by atoms with Crippen LogP contribution in [0.4, 0.5) is 0 Å². The van der Waals surface area contributed by atoms with Gasteiger partial charge in [0.2, 0.25) is 0 Å². The van der Waals surface area contributed by atoms with E-state index < -0.39 is 12.6 Å². The Bertz CT molecular complexity index is 777. The normalized spacial score (nSPS) is 10.8. The Kier molecular flexibility index (Phi) is 3.35. The van der Waals surface area contributed by atoms with Gasteiger partial charge >= 0.3 is 5.97 Å². The van der Waals surface area contributed by atoms with Gasteiger partial charge in [-0.1, -0.05) is 48.5 Å². The molecule has 0 saturated carbocycles. The first-order chi connectivity index (χ1) is 9.79. The van der Waals surface area contributed by atoms with Gasteiger partial charge < -0.3 is 9.84 Å². The number of carbonyl (C=O) groups excluding carboxylic acids is 1. The number of carbonyl (C=O) groups is 1. The highest BCUT2D eigenvalue weighted by Crippen LogP contribution is 2.28. The summed E-state index contributed by atoms with van der Waals surface area (Å²) in [6.07, 6.45) is 0. The van der Waals surface area contributed by atoms with Gasteiger partial charge in [0.1, 0.15) is 13.2 Å². The van der Waals surface area contributed by atoms with Gasteiger partial charge in [0, 0.05) is 0 Å². The zero-order chi connectivity index (χ0) is 13.9. The summed E-state index contributed by atoms with van der Waals surface area (Å²) in [5.74, 6) is -0.609. The lowest BCUT2D eigenvalue weighted by atomic mass is 9.98. The topological polar surface area (TPSA) is 46.5 Å². The third-order valence-electron chi connectivity index (χ3n) is 3.37. The molecule has 0 aliphatic carbocycles. The molecule has 0 aromatic heterocycles. The minimum Gasteiger partial charge on any atom is -0.459 e. The van der Waals surface area contributed by atoms with Gasteiger partial charge in [-0.3, -0.25) is 0 Å². The average molecular weight is 266 g/mol. The number of esters is 1. The zero-order valence-electron chi connectivity index (χ0n) is 10.9. The molecule has 0 radical (unpaired) electrons. The second kappa shape index (κ2) is 5.31. The summed E-state index contributed by atoms with van der Waals surface area (Å²) in [5, 5.41) is 13.2. The molecular weight excluding hydrogens is 252 g/mol. The van der Waals surface area contributed by atoms with E-state index in [9.17, 15) is 4.79 Å². The monoisotopic (exact) mass is 266 g/mol. The molecule has 0 heterocycles. The van der Waals surface area contributed by atoms with Crippen molar-refractivity contribution in [1.82, 2.24) is 0 Å². The highest BCUT2D eigenvalue weighted by atomic mass is 16.5. The maximum Gasteiger partial charge on any atom is 0.332 e. The molecule has 0 amide bonds. The van der Waals surface area contributed by atoms with E-state index in [0.717, 1.165) is 21.7 Å². The van der Waals surface area contributed by atoms with Crippen LogP contribution in [0.1, 0.15) is 5.56 Å². The summed E-state index contributed by atoms with van der Waals surface area (Å²) >= 11 is 0. The Morgan fingerprint density at radius 3 is 2.35 bits per heavy atom. The van der Waals surface area contributed by atoms with E-state index in [1.54, 1.807) is 0 Å². The fourth-order valence-corrected chi connectivity index (χ4v) is 2.45. The molecule has 0 unspecified atom stereocenters. The van der Waals surface area contributed by atoms with Crippen LogP contribution in [0.15, 0.2) is 54.6 Å². The van der Waals surface area contributed by atoms with Crippen molar-refractivity contribution < 1.29 is 14.6 Å². The molecule has 0 spiro atoms. The number of fused-ring (bicyclic) bond motifs is 3. The molecule has 100 valence electrons. The SMILES string of the molecule is O=C(CO)OCc1cc2ccccc2c2ccccc12. The molecular formula is C17H14O3. The number of hydrogen-bond donors (Lipinski definition) is 1. The predicted octanol–water partition coefficient (Wildman–Crippen LogP) is 3.03. The van der Waals surface area contributed by atoms with Gasteiger partial charge in [-0.05, 0) is 33.2 Å². The third kappa shape index (κ3) is 2.24. The van der Waals surface area contributed by atoms with E-state index in [-0.39, 0.29) is 6.61 Å². The van der Waals surface area contributed by atoms with Gasteiger partial charge in [0.15, 0.2) is 0 Å². The Morgan fingerprint density at radius 2 is 1.60 bits per heavy atom. The molecule has 0 saturated heterocycles. The minimum atomic E-state index is -0.609. The van der Waals surface area contributed by atoms with Crippen molar-refractivity contribution in [3.63, 3.8) is 0 Å². The minimum absolute atomic E-state index is 0.171. The van der Waals surface area contributed by atoms with E-state index in [1.165, 1.54) is 5.39 Å². The largest absolute Gasteiger partial charge is 0.459 e. The fourth-order valence-electron chi connectivity index (χ4n) is 2.45. The van der Waals surface area contributed by atoms with Crippen LogP contribution >= 0.6 is 0 Å². The summed E-state index contributed by atoms with van der Waals surface area (Å²) in [4.78, 5) is 11.1. The molecule has 20 heavy (non-hydrogen) atoms. The molecule has 0 aliphatic heterocycles. The van der Waals surface area contributed by atoms with Gasteiger partial charge in [-0.2, -0.15) is 0 Å². The smallest absolute Gasteiger partial charge is 0.332 e. The predicted molar refractivity (Wildman–Crippen MR) is 78.3 cm³/mol. The Hall–Kier alpha value is -2.39. The highest BCUT2D eigenvalue weighted by Gasteiger charge is 2.08. The summed E-state index contributed by atoms with van der Waals surface area (Å²) in [7, 11) is 0. The van der Waals surface area contributed by atoms with Crippen LogP contribution in [0.5, 0.6) is 0 Å². The van der Waals surface area contributed by atoms with Crippen molar-refractivity contribution in [2.75, 3.05) is 6.61 Å². The van der Waals surface area contributed by atoms with Crippen LogP contribution in [0.3, 0.4) is 0 Å². The maximum atomic E-state index is 11.1. The number of aliphatic hydroxyl groups excluding tert-OH is 1. The first-order valence-corrected chi connectivity index (χ1v) is 6.45. The maximum absolute atomic E-state index is 11.1. The molecule has 3 aromatic carbocycles. The number of hydrogen-bond acceptors (Lipinski definition) is 3. The molecule has 3 aromatic rings. The van der Waals surface area contributed by atoms with E-state index >= 15 is 0 Å². The lowest BCUT2D eigenvalue weighted by Gasteiger charge is -2.10. The van der Waals surface area contributed by atoms with Crippen LogP contribution in [0.25, 0.3) is 21.5 Å². The molecule has 0 fully saturated rings. The van der Waals surface area contributed by atoms with E-state index in [1.807, 2.05) is 42.5 Å². The molecule has 3 rings (SSSR count). The molecule has 0 aliphatic rings. The first kappa shape index (κ1) is 12.6. The van der Waals surface area contributed by atoms with E-state index in [4.69, 9.17) is 9.84 Å². The molecule has 0 atom stereocenters. The van der Waals surface area contributed by atoms with Crippen molar-refractivity contribution in [3.05, 3.63) is 60.2 Å². The molecule has 0 bridgehead atoms. The summed E-state index contributed by atoms with van der Waals surface area (Å²) in [6.45, 7) is -0.420. The Balaban J connectivity index is 2.16. The highest BCUT2D eigenvalue weighted by molar-refractivity contribution is 6.08. The van der Waals surface area contributed by atoms with Crippen molar-refractivity contribution >= 4 is 27.5 Å². The molecule has 3 heteroatoms. The van der Waals surface area contributed by atoms with Crippen molar-refractivity contribution in [3.8, 4) is 0 Å². The fraction of sp³-hybridized carbons (Fsp3) is 0.118. The number of rotatable bonds is 3. The van der Waals surface area contributed by atoms with Crippen molar-refractivity contribution in [2.24, 2.45) is 0 Å². The van der Waals surface area contributed by atoms with Gasteiger partial charge in [-0.15, -0.1) is 0 Å². The van der Waals surface area contributed by atoms with Crippen molar-refractivity contribution in [2.45, 2.75) is 6.61 Å². The van der Waals surface area contributed by atoms with Gasteiger partial charge in [-0.25, -0.2) is 4.79 Å². The summed E-state index contributed by atoms with van der Waals surface area (Å²) in [6, 6.07) is 18.2. The van der Waals surface area contributed by atoms with Gasteiger partial charge in [0.05, 0.1) is 0 Å². The second-order valence-electron chi connectivity index (χ2n) is 4.62. The number of benzene rings is 3. The van der Waals surface area contributed by atoms with Crippen LogP contribution < -0.4 is 0 Å². The molecule has 3 nitrogen and oxygen atoms in total.